The molecule has 1 N–H and O–H groups in total. The zero-order chi connectivity index (χ0) is 17.0. The van der Waals surface area contributed by atoms with Gasteiger partial charge in [-0.15, -0.1) is 0 Å². The summed E-state index contributed by atoms with van der Waals surface area (Å²) in [4.78, 5) is 16.4. The van der Waals surface area contributed by atoms with Crippen LogP contribution in [0.4, 0.5) is 0 Å². The molecule has 5 heteroatoms. The van der Waals surface area contributed by atoms with Crippen molar-refractivity contribution in [2.75, 3.05) is 33.7 Å². The third-order valence-electron chi connectivity index (χ3n) is 4.53. The lowest BCUT2D eigenvalue weighted by Crippen LogP contribution is -2.39. The van der Waals surface area contributed by atoms with Gasteiger partial charge in [0.15, 0.2) is 5.75 Å². The van der Waals surface area contributed by atoms with Crippen LogP contribution in [0.5, 0.6) is 5.75 Å². The number of aryl methyl sites for hydroxylation is 1. The third kappa shape index (κ3) is 5.36. The second kappa shape index (κ2) is 7.97. The standard InChI is InChI=1S/C18H31N3O2/c1-14-8-15(2)11-20(10-14)12-16-9-17(22)18(23)13-21(16)7-5-6-19(3)4/h9,13-15,23H,5-8,10-12H2,1-4H3. The van der Waals surface area contributed by atoms with E-state index in [1.54, 1.807) is 12.3 Å². The molecule has 1 aromatic rings. The zero-order valence-electron chi connectivity index (χ0n) is 15.0. The molecular weight excluding hydrogens is 290 g/mol. The molecule has 1 aromatic heterocycles. The van der Waals surface area contributed by atoms with Gasteiger partial charge in [-0.1, -0.05) is 13.8 Å². The van der Waals surface area contributed by atoms with Crippen LogP contribution in [0.2, 0.25) is 0 Å². The van der Waals surface area contributed by atoms with Gasteiger partial charge >= 0.3 is 0 Å². The van der Waals surface area contributed by atoms with Gasteiger partial charge in [0.25, 0.3) is 0 Å². The fourth-order valence-corrected chi connectivity index (χ4v) is 3.65. The van der Waals surface area contributed by atoms with E-state index in [9.17, 15) is 9.90 Å². The molecule has 0 bridgehead atoms. The maximum Gasteiger partial charge on any atom is 0.223 e. The first-order valence-electron chi connectivity index (χ1n) is 8.64. The van der Waals surface area contributed by atoms with Gasteiger partial charge in [0.05, 0.1) is 6.20 Å². The van der Waals surface area contributed by atoms with E-state index in [0.717, 1.165) is 44.8 Å². The Hall–Kier alpha value is -1.33. The summed E-state index contributed by atoms with van der Waals surface area (Å²) < 4.78 is 2.05. The number of nitrogens with zero attached hydrogens (tertiary/aromatic N) is 3. The summed E-state index contributed by atoms with van der Waals surface area (Å²) in [6.45, 7) is 9.35. The fraction of sp³-hybridized carbons (Fsp3) is 0.722. The quantitative estimate of drug-likeness (QED) is 0.870. The van der Waals surface area contributed by atoms with E-state index in [1.165, 1.54) is 6.42 Å². The van der Waals surface area contributed by atoms with E-state index >= 15 is 0 Å². The minimum absolute atomic E-state index is 0.154. The number of aromatic nitrogens is 1. The van der Waals surface area contributed by atoms with E-state index < -0.39 is 0 Å². The summed E-state index contributed by atoms with van der Waals surface area (Å²) in [6, 6.07) is 1.61. The zero-order valence-corrected chi connectivity index (χ0v) is 15.0. The van der Waals surface area contributed by atoms with Gasteiger partial charge in [0.2, 0.25) is 5.43 Å². The van der Waals surface area contributed by atoms with E-state index in [4.69, 9.17) is 0 Å². The SMILES string of the molecule is CC1CC(C)CN(Cc2cc(=O)c(O)cn2CCCN(C)C)C1. The molecule has 0 radical (unpaired) electrons. The number of rotatable bonds is 6. The first-order valence-corrected chi connectivity index (χ1v) is 8.64. The van der Waals surface area contributed by atoms with Crippen LogP contribution in [0.1, 0.15) is 32.4 Å². The Morgan fingerprint density at radius 1 is 1.26 bits per heavy atom. The van der Waals surface area contributed by atoms with Crippen LogP contribution in [-0.4, -0.2) is 53.2 Å². The van der Waals surface area contributed by atoms with Gasteiger partial charge in [-0.3, -0.25) is 9.69 Å². The molecule has 0 spiro atoms. The lowest BCUT2D eigenvalue weighted by atomic mass is 9.92. The van der Waals surface area contributed by atoms with E-state index in [1.807, 2.05) is 4.57 Å². The first-order chi connectivity index (χ1) is 10.8. The van der Waals surface area contributed by atoms with Crippen LogP contribution < -0.4 is 5.43 Å². The molecule has 130 valence electrons. The Balaban J connectivity index is 2.12. The highest BCUT2D eigenvalue weighted by atomic mass is 16.3. The largest absolute Gasteiger partial charge is 0.503 e. The molecule has 5 nitrogen and oxygen atoms in total. The second-order valence-electron chi connectivity index (χ2n) is 7.50. The van der Waals surface area contributed by atoms with Gasteiger partial charge in [-0.05, 0) is 45.3 Å². The van der Waals surface area contributed by atoms with Crippen molar-refractivity contribution in [3.8, 4) is 5.75 Å². The maximum absolute atomic E-state index is 11.9. The van der Waals surface area contributed by atoms with Crippen molar-refractivity contribution in [2.45, 2.75) is 39.8 Å². The van der Waals surface area contributed by atoms with Crippen molar-refractivity contribution in [1.29, 1.82) is 0 Å². The van der Waals surface area contributed by atoms with Crippen molar-refractivity contribution >= 4 is 0 Å². The second-order valence-corrected chi connectivity index (χ2v) is 7.50. The van der Waals surface area contributed by atoms with Crippen LogP contribution in [0.25, 0.3) is 0 Å². The Kier molecular flexibility index (Phi) is 6.25. The summed E-state index contributed by atoms with van der Waals surface area (Å²) in [6.07, 6.45) is 3.88. The van der Waals surface area contributed by atoms with Crippen molar-refractivity contribution in [1.82, 2.24) is 14.4 Å². The summed E-state index contributed by atoms with van der Waals surface area (Å²) in [5.74, 6) is 1.24. The van der Waals surface area contributed by atoms with Crippen LogP contribution in [0, 0.1) is 11.8 Å². The summed E-state index contributed by atoms with van der Waals surface area (Å²) in [5, 5.41) is 9.77. The number of likely N-dealkylation sites (tertiary alicyclic amines) is 1. The van der Waals surface area contributed by atoms with E-state index in [2.05, 4.69) is 37.7 Å². The fourth-order valence-electron chi connectivity index (χ4n) is 3.65. The summed E-state index contributed by atoms with van der Waals surface area (Å²) >= 11 is 0. The molecule has 2 atom stereocenters. The van der Waals surface area contributed by atoms with Crippen molar-refractivity contribution in [3.05, 3.63) is 28.2 Å². The molecule has 1 aliphatic rings. The smallest absolute Gasteiger partial charge is 0.223 e. The molecule has 1 saturated heterocycles. The number of pyridine rings is 1. The highest BCUT2D eigenvalue weighted by Gasteiger charge is 2.22. The Morgan fingerprint density at radius 2 is 1.91 bits per heavy atom. The van der Waals surface area contributed by atoms with Crippen molar-refractivity contribution in [3.63, 3.8) is 0 Å². The molecule has 2 rings (SSSR count). The van der Waals surface area contributed by atoms with Gasteiger partial charge in [-0.25, -0.2) is 0 Å². The molecule has 1 aliphatic heterocycles. The normalized spacial score (nSPS) is 22.7. The molecule has 0 aliphatic carbocycles. The number of hydrogen-bond acceptors (Lipinski definition) is 4. The van der Waals surface area contributed by atoms with Crippen molar-refractivity contribution < 1.29 is 5.11 Å². The summed E-state index contributed by atoms with van der Waals surface area (Å²) in [7, 11) is 4.11. The lowest BCUT2D eigenvalue weighted by Gasteiger charge is -2.35. The molecule has 0 saturated carbocycles. The van der Waals surface area contributed by atoms with Crippen molar-refractivity contribution in [2.24, 2.45) is 11.8 Å². The van der Waals surface area contributed by atoms with Gasteiger partial charge in [-0.2, -0.15) is 0 Å². The van der Waals surface area contributed by atoms with Gasteiger partial charge < -0.3 is 14.6 Å². The van der Waals surface area contributed by atoms with Crippen LogP contribution in [0.15, 0.2) is 17.1 Å². The van der Waals surface area contributed by atoms with E-state index in [-0.39, 0.29) is 11.2 Å². The maximum atomic E-state index is 11.9. The number of aromatic hydroxyl groups is 1. The molecule has 23 heavy (non-hydrogen) atoms. The van der Waals surface area contributed by atoms with Gasteiger partial charge in [0, 0.05) is 37.9 Å². The van der Waals surface area contributed by atoms with Crippen LogP contribution in [0.3, 0.4) is 0 Å². The van der Waals surface area contributed by atoms with Crippen LogP contribution in [-0.2, 0) is 13.1 Å². The highest BCUT2D eigenvalue weighted by Crippen LogP contribution is 2.22. The summed E-state index contributed by atoms with van der Waals surface area (Å²) in [5.41, 5.74) is 0.731. The molecule has 0 aromatic carbocycles. The average Bonchev–Trinajstić information content (AvgIpc) is 2.42. The predicted molar refractivity (Wildman–Crippen MR) is 93.8 cm³/mol. The molecular formula is C18H31N3O2. The predicted octanol–water partition coefficient (Wildman–Crippen LogP) is 1.98. The number of piperidine rings is 1. The lowest BCUT2D eigenvalue weighted by molar-refractivity contribution is 0.131. The highest BCUT2D eigenvalue weighted by molar-refractivity contribution is 5.20. The Labute approximate surface area is 139 Å². The third-order valence-corrected chi connectivity index (χ3v) is 4.53. The van der Waals surface area contributed by atoms with Gasteiger partial charge in [0.1, 0.15) is 0 Å². The Bertz CT molecular complexity index is 558. The molecule has 2 heterocycles. The Morgan fingerprint density at radius 3 is 2.52 bits per heavy atom. The molecule has 0 amide bonds. The minimum atomic E-state index is -0.276. The molecule has 1 fully saturated rings. The first kappa shape index (κ1) is 18.0. The topological polar surface area (TPSA) is 48.7 Å². The minimum Gasteiger partial charge on any atom is -0.503 e. The van der Waals surface area contributed by atoms with Crippen LogP contribution >= 0.6 is 0 Å². The average molecular weight is 321 g/mol. The van der Waals surface area contributed by atoms with E-state index in [0.29, 0.717) is 11.8 Å². The molecule has 2 unspecified atom stereocenters. The number of hydrogen-bond donors (Lipinski definition) is 1. The monoisotopic (exact) mass is 321 g/mol.